The number of amides is 1. The van der Waals surface area contributed by atoms with Gasteiger partial charge in [-0.2, -0.15) is 0 Å². The Morgan fingerprint density at radius 1 is 1.42 bits per heavy atom. The number of aliphatic hydroxyl groups excluding tert-OH is 1. The number of hydrogen-bond donors (Lipinski definition) is 3. The van der Waals surface area contributed by atoms with Gasteiger partial charge in [0.15, 0.2) is 24.2 Å². The highest BCUT2D eigenvalue weighted by atomic mass is 19.1. The van der Waals surface area contributed by atoms with Gasteiger partial charge >= 0.3 is 5.97 Å². The van der Waals surface area contributed by atoms with Crippen LogP contribution < -0.4 is 10.1 Å². The van der Waals surface area contributed by atoms with E-state index in [1.165, 1.54) is 31.2 Å². The molecular formula is C12H14FNO5. The topological polar surface area (TPSA) is 95.9 Å². The van der Waals surface area contributed by atoms with E-state index in [1.807, 2.05) is 0 Å². The van der Waals surface area contributed by atoms with E-state index in [-0.39, 0.29) is 5.75 Å². The number of nitrogens with one attached hydrogen (secondary N) is 1. The number of hydrogen-bond acceptors (Lipinski definition) is 4. The number of carbonyl (C=O) groups excluding carboxylic acids is 1. The van der Waals surface area contributed by atoms with Crippen LogP contribution >= 0.6 is 0 Å². The molecule has 1 rings (SSSR count). The summed E-state index contributed by atoms with van der Waals surface area (Å²) in [6.45, 7) is 0.689. The van der Waals surface area contributed by atoms with Gasteiger partial charge in [-0.1, -0.05) is 12.1 Å². The van der Waals surface area contributed by atoms with E-state index in [0.29, 0.717) is 0 Å². The molecule has 0 aliphatic heterocycles. The Bertz CT molecular complexity index is 463. The molecule has 2 unspecified atom stereocenters. The van der Waals surface area contributed by atoms with Crippen LogP contribution in [0.5, 0.6) is 5.75 Å². The Morgan fingerprint density at radius 2 is 2.05 bits per heavy atom. The fraction of sp³-hybridized carbons (Fsp3) is 0.333. The zero-order valence-electron chi connectivity index (χ0n) is 10.2. The van der Waals surface area contributed by atoms with Gasteiger partial charge in [0.05, 0.1) is 6.10 Å². The number of benzene rings is 1. The highest BCUT2D eigenvalue weighted by Crippen LogP contribution is 2.14. The predicted molar refractivity (Wildman–Crippen MR) is 63.1 cm³/mol. The predicted octanol–water partition coefficient (Wildman–Crippen LogP) is 0.155. The maximum absolute atomic E-state index is 13.2. The maximum atomic E-state index is 13.2. The molecule has 0 bridgehead atoms. The summed E-state index contributed by atoms with van der Waals surface area (Å²) in [5, 5.41) is 20.0. The highest BCUT2D eigenvalue weighted by molar-refractivity contribution is 5.84. The van der Waals surface area contributed by atoms with Gasteiger partial charge in [-0.15, -0.1) is 0 Å². The van der Waals surface area contributed by atoms with Crippen molar-refractivity contribution in [3.8, 4) is 5.75 Å². The van der Waals surface area contributed by atoms with Crippen molar-refractivity contribution >= 4 is 11.9 Å². The van der Waals surface area contributed by atoms with Crippen molar-refractivity contribution < 1.29 is 28.9 Å². The molecule has 1 amide bonds. The molecule has 6 nitrogen and oxygen atoms in total. The largest absolute Gasteiger partial charge is 0.481 e. The molecule has 104 valence electrons. The number of halogens is 1. The molecule has 1 aromatic rings. The van der Waals surface area contributed by atoms with Gasteiger partial charge in [0, 0.05) is 0 Å². The summed E-state index contributed by atoms with van der Waals surface area (Å²) in [5.41, 5.74) is 0. The van der Waals surface area contributed by atoms with E-state index >= 15 is 0 Å². The number of aliphatic hydroxyl groups is 1. The third kappa shape index (κ3) is 4.55. The fourth-order valence-corrected chi connectivity index (χ4v) is 1.31. The number of ether oxygens (including phenoxy) is 1. The third-order valence-corrected chi connectivity index (χ3v) is 2.26. The summed E-state index contributed by atoms with van der Waals surface area (Å²) in [6.07, 6.45) is -1.25. The summed E-state index contributed by atoms with van der Waals surface area (Å²) in [6, 6.07) is 4.08. The summed E-state index contributed by atoms with van der Waals surface area (Å²) >= 11 is 0. The number of carbonyl (C=O) groups is 2. The molecule has 19 heavy (non-hydrogen) atoms. The van der Waals surface area contributed by atoms with Crippen LogP contribution in [0.15, 0.2) is 24.3 Å². The van der Waals surface area contributed by atoms with E-state index in [9.17, 15) is 14.0 Å². The number of carboxylic acid groups (broad SMARTS) is 1. The smallest absolute Gasteiger partial charge is 0.328 e. The second-order valence-corrected chi connectivity index (χ2v) is 3.84. The van der Waals surface area contributed by atoms with Gasteiger partial charge in [0.25, 0.3) is 5.91 Å². The minimum Gasteiger partial charge on any atom is -0.481 e. The first kappa shape index (κ1) is 14.9. The number of carboxylic acids is 1. The van der Waals surface area contributed by atoms with E-state index < -0.39 is 36.4 Å². The quantitative estimate of drug-likeness (QED) is 0.684. The molecule has 0 aromatic heterocycles. The van der Waals surface area contributed by atoms with E-state index in [2.05, 4.69) is 5.32 Å². The van der Waals surface area contributed by atoms with Crippen LogP contribution in [0, 0.1) is 5.82 Å². The Kier molecular flexibility index (Phi) is 5.25. The maximum Gasteiger partial charge on any atom is 0.328 e. The normalized spacial score (nSPS) is 13.4. The van der Waals surface area contributed by atoms with Crippen LogP contribution in [-0.2, 0) is 9.59 Å². The van der Waals surface area contributed by atoms with Gasteiger partial charge in [-0.3, -0.25) is 4.79 Å². The Labute approximate surface area is 108 Å². The number of aliphatic carboxylic acids is 1. The van der Waals surface area contributed by atoms with Crippen molar-refractivity contribution in [1.82, 2.24) is 5.32 Å². The van der Waals surface area contributed by atoms with Crippen molar-refractivity contribution in [1.29, 1.82) is 0 Å². The monoisotopic (exact) mass is 271 g/mol. The standard InChI is InChI=1S/C12H14FNO5/c1-7(15)11(12(17)18)14-10(16)6-19-9-5-3-2-4-8(9)13/h2-5,7,11,15H,6H2,1H3,(H,14,16)(H,17,18). The second-order valence-electron chi connectivity index (χ2n) is 3.84. The molecule has 2 atom stereocenters. The second kappa shape index (κ2) is 6.69. The average Bonchev–Trinajstić information content (AvgIpc) is 2.34. The summed E-state index contributed by atoms with van der Waals surface area (Å²) < 4.78 is 18.1. The molecule has 0 aliphatic carbocycles. The zero-order valence-corrected chi connectivity index (χ0v) is 10.2. The summed E-state index contributed by atoms with van der Waals surface area (Å²) in [5.74, 6) is -2.87. The molecule has 0 fully saturated rings. The molecule has 0 radical (unpaired) electrons. The lowest BCUT2D eigenvalue weighted by Gasteiger charge is -2.17. The van der Waals surface area contributed by atoms with Crippen LogP contribution in [0.1, 0.15) is 6.92 Å². The summed E-state index contributed by atoms with van der Waals surface area (Å²) in [4.78, 5) is 22.1. The van der Waals surface area contributed by atoms with Crippen LogP contribution in [0.3, 0.4) is 0 Å². The van der Waals surface area contributed by atoms with Crippen molar-refractivity contribution in [2.45, 2.75) is 19.1 Å². The van der Waals surface area contributed by atoms with Crippen molar-refractivity contribution in [2.24, 2.45) is 0 Å². The fourth-order valence-electron chi connectivity index (χ4n) is 1.31. The van der Waals surface area contributed by atoms with Crippen molar-refractivity contribution in [3.63, 3.8) is 0 Å². The third-order valence-electron chi connectivity index (χ3n) is 2.26. The SMILES string of the molecule is CC(O)C(NC(=O)COc1ccccc1F)C(=O)O. The lowest BCUT2D eigenvalue weighted by molar-refractivity contribution is -0.145. The van der Waals surface area contributed by atoms with Crippen LogP contribution in [-0.4, -0.2) is 40.8 Å². The molecule has 0 spiro atoms. The molecule has 0 heterocycles. The molecule has 3 N–H and O–H groups in total. The molecule has 0 saturated carbocycles. The first-order valence-corrected chi connectivity index (χ1v) is 5.49. The molecule has 0 saturated heterocycles. The van der Waals surface area contributed by atoms with Crippen LogP contribution in [0.2, 0.25) is 0 Å². The van der Waals surface area contributed by atoms with Crippen molar-refractivity contribution in [3.05, 3.63) is 30.1 Å². The average molecular weight is 271 g/mol. The van der Waals surface area contributed by atoms with E-state index in [0.717, 1.165) is 0 Å². The summed E-state index contributed by atoms with van der Waals surface area (Å²) in [7, 11) is 0. The number of rotatable bonds is 6. The van der Waals surface area contributed by atoms with Gasteiger partial charge in [0.2, 0.25) is 0 Å². The van der Waals surface area contributed by atoms with Gasteiger partial charge in [0.1, 0.15) is 0 Å². The van der Waals surface area contributed by atoms with E-state index in [1.54, 1.807) is 0 Å². The molecular weight excluding hydrogens is 257 g/mol. The zero-order chi connectivity index (χ0) is 14.4. The van der Waals surface area contributed by atoms with E-state index in [4.69, 9.17) is 14.9 Å². The van der Waals surface area contributed by atoms with Gasteiger partial charge in [-0.05, 0) is 19.1 Å². The minimum absolute atomic E-state index is 0.110. The Hall–Kier alpha value is -2.15. The highest BCUT2D eigenvalue weighted by Gasteiger charge is 2.25. The first-order valence-electron chi connectivity index (χ1n) is 5.49. The molecule has 7 heteroatoms. The van der Waals surface area contributed by atoms with Gasteiger partial charge in [-0.25, -0.2) is 9.18 Å². The van der Waals surface area contributed by atoms with Gasteiger partial charge < -0.3 is 20.3 Å². The van der Waals surface area contributed by atoms with Crippen LogP contribution in [0.4, 0.5) is 4.39 Å². The Balaban J connectivity index is 2.52. The number of para-hydroxylation sites is 1. The van der Waals surface area contributed by atoms with Crippen LogP contribution in [0.25, 0.3) is 0 Å². The first-order chi connectivity index (χ1) is 8.91. The molecule has 1 aromatic carbocycles. The van der Waals surface area contributed by atoms with Crippen molar-refractivity contribution in [2.75, 3.05) is 6.61 Å². The molecule has 0 aliphatic rings. The lowest BCUT2D eigenvalue weighted by atomic mass is 10.2. The lowest BCUT2D eigenvalue weighted by Crippen LogP contribution is -2.49. The minimum atomic E-state index is -1.43. The Morgan fingerprint density at radius 3 is 2.58 bits per heavy atom.